The summed E-state index contributed by atoms with van der Waals surface area (Å²) in [6, 6.07) is 7.98. The van der Waals surface area contributed by atoms with Crippen molar-refractivity contribution in [3.05, 3.63) is 29.8 Å². The van der Waals surface area contributed by atoms with Crippen LogP contribution in [0.2, 0.25) is 0 Å². The number of fused-ring (bicyclic) bond motifs is 1. The van der Waals surface area contributed by atoms with Gasteiger partial charge in [-0.3, -0.25) is 4.79 Å². The standard InChI is InChI=1S/C13H17NO2/c1-2-13(12(15)16)7-8-14-11-6-4-3-5-10(11)9-13/h3-6,14H,2,7-9H2,1H3,(H,15,16). The molecular weight excluding hydrogens is 202 g/mol. The molecule has 86 valence electrons. The van der Waals surface area contributed by atoms with Crippen molar-refractivity contribution < 1.29 is 9.90 Å². The maximum absolute atomic E-state index is 11.4. The Labute approximate surface area is 95.5 Å². The van der Waals surface area contributed by atoms with Gasteiger partial charge in [0, 0.05) is 12.2 Å². The van der Waals surface area contributed by atoms with Gasteiger partial charge in [-0.1, -0.05) is 25.1 Å². The van der Waals surface area contributed by atoms with Crippen molar-refractivity contribution in [3.8, 4) is 0 Å². The largest absolute Gasteiger partial charge is 0.481 e. The zero-order chi connectivity index (χ0) is 11.6. The van der Waals surface area contributed by atoms with Gasteiger partial charge >= 0.3 is 5.97 Å². The topological polar surface area (TPSA) is 49.3 Å². The van der Waals surface area contributed by atoms with Gasteiger partial charge in [-0.2, -0.15) is 0 Å². The number of hydrogen-bond donors (Lipinski definition) is 2. The van der Waals surface area contributed by atoms with Crippen molar-refractivity contribution >= 4 is 11.7 Å². The van der Waals surface area contributed by atoms with Crippen molar-refractivity contribution in [1.82, 2.24) is 0 Å². The molecule has 0 amide bonds. The molecular formula is C13H17NO2. The van der Waals surface area contributed by atoms with Crippen LogP contribution < -0.4 is 5.32 Å². The van der Waals surface area contributed by atoms with Crippen LogP contribution in [0.4, 0.5) is 5.69 Å². The summed E-state index contributed by atoms with van der Waals surface area (Å²) in [4.78, 5) is 11.4. The van der Waals surface area contributed by atoms with Gasteiger partial charge in [0.2, 0.25) is 0 Å². The van der Waals surface area contributed by atoms with Crippen LogP contribution in [0.15, 0.2) is 24.3 Å². The maximum Gasteiger partial charge on any atom is 0.310 e. The third-order valence-corrected chi connectivity index (χ3v) is 3.60. The minimum absolute atomic E-state index is 0.598. The van der Waals surface area contributed by atoms with Gasteiger partial charge in [0.15, 0.2) is 0 Å². The molecule has 1 aliphatic heterocycles. The number of benzene rings is 1. The van der Waals surface area contributed by atoms with Gasteiger partial charge in [-0.15, -0.1) is 0 Å². The van der Waals surface area contributed by atoms with E-state index in [4.69, 9.17) is 0 Å². The highest BCUT2D eigenvalue weighted by Gasteiger charge is 2.38. The van der Waals surface area contributed by atoms with Crippen LogP contribution in [0.1, 0.15) is 25.3 Å². The zero-order valence-corrected chi connectivity index (χ0v) is 9.49. The summed E-state index contributed by atoms with van der Waals surface area (Å²) in [7, 11) is 0. The highest BCUT2D eigenvalue weighted by atomic mass is 16.4. The number of nitrogens with one attached hydrogen (secondary N) is 1. The van der Waals surface area contributed by atoms with Gasteiger partial charge < -0.3 is 10.4 Å². The molecule has 1 aromatic rings. The van der Waals surface area contributed by atoms with Gasteiger partial charge in [-0.25, -0.2) is 0 Å². The summed E-state index contributed by atoms with van der Waals surface area (Å²) in [5.74, 6) is -0.673. The van der Waals surface area contributed by atoms with Crippen LogP contribution in [-0.4, -0.2) is 17.6 Å². The van der Waals surface area contributed by atoms with E-state index >= 15 is 0 Å². The predicted octanol–water partition coefficient (Wildman–Crippen LogP) is 2.53. The highest BCUT2D eigenvalue weighted by molar-refractivity contribution is 5.76. The lowest BCUT2D eigenvalue weighted by atomic mass is 9.77. The van der Waals surface area contributed by atoms with Gasteiger partial charge in [0.05, 0.1) is 5.41 Å². The van der Waals surface area contributed by atoms with E-state index in [1.54, 1.807) is 0 Å². The normalized spacial score (nSPS) is 24.1. The number of carboxylic acid groups (broad SMARTS) is 1. The van der Waals surface area contributed by atoms with Crippen LogP contribution in [0, 0.1) is 5.41 Å². The van der Waals surface area contributed by atoms with Gasteiger partial charge in [0.25, 0.3) is 0 Å². The molecule has 2 rings (SSSR count). The molecule has 0 spiro atoms. The summed E-state index contributed by atoms with van der Waals surface area (Å²) >= 11 is 0. The first-order valence-electron chi connectivity index (χ1n) is 5.73. The SMILES string of the molecule is CCC1(C(=O)O)CCNc2ccccc2C1. The molecule has 0 aromatic heterocycles. The van der Waals surface area contributed by atoms with E-state index in [1.807, 2.05) is 31.2 Å². The second kappa shape index (κ2) is 4.16. The van der Waals surface area contributed by atoms with Crippen LogP contribution in [0.3, 0.4) is 0 Å². The van der Waals surface area contributed by atoms with Crippen LogP contribution >= 0.6 is 0 Å². The number of carboxylic acids is 1. The van der Waals surface area contributed by atoms with Crippen molar-refractivity contribution in [1.29, 1.82) is 0 Å². The average molecular weight is 219 g/mol. The Kier molecular flexibility index (Phi) is 2.86. The van der Waals surface area contributed by atoms with E-state index in [1.165, 1.54) is 0 Å². The Balaban J connectivity index is 2.38. The fourth-order valence-corrected chi connectivity index (χ4v) is 2.37. The van der Waals surface area contributed by atoms with E-state index in [0.29, 0.717) is 19.3 Å². The molecule has 3 heteroatoms. The zero-order valence-electron chi connectivity index (χ0n) is 9.49. The maximum atomic E-state index is 11.4. The lowest BCUT2D eigenvalue weighted by Gasteiger charge is -2.26. The first-order valence-corrected chi connectivity index (χ1v) is 5.73. The second-order valence-corrected chi connectivity index (χ2v) is 4.45. The Morgan fingerprint density at radius 2 is 2.25 bits per heavy atom. The van der Waals surface area contributed by atoms with E-state index in [2.05, 4.69) is 5.32 Å². The van der Waals surface area contributed by atoms with Gasteiger partial charge in [-0.05, 0) is 30.9 Å². The molecule has 1 aliphatic rings. The Hall–Kier alpha value is -1.51. The predicted molar refractivity (Wildman–Crippen MR) is 63.6 cm³/mol. The van der Waals surface area contributed by atoms with Crippen molar-refractivity contribution in [2.45, 2.75) is 26.2 Å². The third-order valence-electron chi connectivity index (χ3n) is 3.60. The number of para-hydroxylation sites is 1. The van der Waals surface area contributed by atoms with Crippen molar-refractivity contribution in [2.75, 3.05) is 11.9 Å². The quantitative estimate of drug-likeness (QED) is 0.803. The molecule has 1 heterocycles. The van der Waals surface area contributed by atoms with Crippen LogP contribution in [-0.2, 0) is 11.2 Å². The number of carbonyl (C=O) groups is 1. The Bertz CT molecular complexity index is 403. The number of rotatable bonds is 2. The second-order valence-electron chi connectivity index (χ2n) is 4.45. The van der Waals surface area contributed by atoms with E-state index in [9.17, 15) is 9.90 Å². The molecule has 2 N–H and O–H groups in total. The first-order chi connectivity index (χ1) is 7.68. The molecule has 0 saturated carbocycles. The molecule has 0 fully saturated rings. The lowest BCUT2D eigenvalue weighted by molar-refractivity contribution is -0.149. The lowest BCUT2D eigenvalue weighted by Crippen LogP contribution is -2.33. The highest BCUT2D eigenvalue weighted by Crippen LogP contribution is 2.36. The average Bonchev–Trinajstić information content (AvgIpc) is 2.48. The summed E-state index contributed by atoms with van der Waals surface area (Å²) < 4.78 is 0. The first kappa shape index (κ1) is 11.0. The Morgan fingerprint density at radius 3 is 2.94 bits per heavy atom. The third kappa shape index (κ3) is 1.77. The van der Waals surface area contributed by atoms with E-state index < -0.39 is 11.4 Å². The van der Waals surface area contributed by atoms with Crippen LogP contribution in [0.25, 0.3) is 0 Å². The minimum Gasteiger partial charge on any atom is -0.481 e. The minimum atomic E-state index is -0.673. The molecule has 0 bridgehead atoms. The fourth-order valence-electron chi connectivity index (χ4n) is 2.37. The molecule has 1 atom stereocenters. The van der Waals surface area contributed by atoms with E-state index in [0.717, 1.165) is 17.8 Å². The molecule has 16 heavy (non-hydrogen) atoms. The number of hydrogen-bond acceptors (Lipinski definition) is 2. The van der Waals surface area contributed by atoms with Crippen molar-refractivity contribution in [2.24, 2.45) is 5.41 Å². The number of aliphatic carboxylic acids is 1. The smallest absolute Gasteiger partial charge is 0.310 e. The monoisotopic (exact) mass is 219 g/mol. The Morgan fingerprint density at radius 1 is 1.50 bits per heavy atom. The van der Waals surface area contributed by atoms with E-state index in [-0.39, 0.29) is 0 Å². The summed E-state index contributed by atoms with van der Waals surface area (Å²) in [6.07, 6.45) is 1.99. The molecule has 1 unspecified atom stereocenters. The summed E-state index contributed by atoms with van der Waals surface area (Å²) in [5.41, 5.74) is 1.60. The molecule has 0 saturated heterocycles. The molecule has 0 aliphatic carbocycles. The number of anilines is 1. The molecule has 0 radical (unpaired) electrons. The molecule has 1 aromatic carbocycles. The van der Waals surface area contributed by atoms with Crippen molar-refractivity contribution in [3.63, 3.8) is 0 Å². The van der Waals surface area contributed by atoms with Gasteiger partial charge in [0.1, 0.15) is 0 Å². The fraction of sp³-hybridized carbons (Fsp3) is 0.462. The molecule has 3 nitrogen and oxygen atoms in total. The summed E-state index contributed by atoms with van der Waals surface area (Å²) in [5, 5.41) is 12.7. The van der Waals surface area contributed by atoms with Crippen LogP contribution in [0.5, 0.6) is 0 Å². The summed E-state index contributed by atoms with van der Waals surface area (Å²) in [6.45, 7) is 2.69.